The Labute approximate surface area is 92.6 Å². The van der Waals surface area contributed by atoms with Crippen LogP contribution in [0.15, 0.2) is 24.3 Å². The average Bonchev–Trinajstić information content (AvgIpc) is 2.19. The van der Waals surface area contributed by atoms with Gasteiger partial charge in [-0.25, -0.2) is 0 Å². The molecule has 0 radical (unpaired) electrons. The number of benzene rings is 1. The Hall–Kier alpha value is -0.690. The molecule has 0 saturated carbocycles. The monoisotopic (exact) mass is 286 g/mol. The summed E-state index contributed by atoms with van der Waals surface area (Å²) >= 11 is 2.33. The molecule has 1 rings (SSSR count). The molecule has 0 unspecified atom stereocenters. The number of alkyl halides is 1. The van der Waals surface area contributed by atoms with Crippen LogP contribution in [0.4, 0.5) is 0 Å². The number of ether oxygens (including phenoxy) is 1. The van der Waals surface area contributed by atoms with Crippen LogP contribution in [0.5, 0.6) is 5.75 Å². The number of terminal acetylenes is 1. The molecule has 0 amide bonds. The maximum atomic E-state index is 5.40. The summed E-state index contributed by atoms with van der Waals surface area (Å²) in [6.45, 7) is 0.597. The van der Waals surface area contributed by atoms with Crippen molar-refractivity contribution >= 4 is 22.6 Å². The molecule has 0 bridgehead atoms. The third-order valence-electron chi connectivity index (χ3n) is 1.59. The lowest BCUT2D eigenvalue weighted by molar-refractivity contribution is 0.327. The minimum atomic E-state index is 0.597. The number of rotatable bonds is 4. The van der Waals surface area contributed by atoms with Gasteiger partial charge in [0.15, 0.2) is 0 Å². The Kier molecular flexibility index (Phi) is 4.69. The van der Waals surface area contributed by atoms with Crippen LogP contribution in [-0.4, -0.2) is 6.61 Å². The van der Waals surface area contributed by atoms with Gasteiger partial charge in [0, 0.05) is 10.8 Å². The average molecular weight is 286 g/mol. The fraction of sp³-hybridized carbons (Fsp3) is 0.273. The first-order valence-electron chi connectivity index (χ1n) is 4.08. The zero-order valence-corrected chi connectivity index (χ0v) is 9.45. The van der Waals surface area contributed by atoms with Crippen molar-refractivity contribution in [2.24, 2.45) is 0 Å². The minimum absolute atomic E-state index is 0.597. The Morgan fingerprint density at radius 3 is 2.54 bits per heavy atom. The summed E-state index contributed by atoms with van der Waals surface area (Å²) in [4.78, 5) is 0. The number of halogens is 1. The molecule has 13 heavy (non-hydrogen) atoms. The lowest BCUT2D eigenvalue weighted by Gasteiger charge is -2.03. The quantitative estimate of drug-likeness (QED) is 0.358. The van der Waals surface area contributed by atoms with Gasteiger partial charge in [-0.1, -0.05) is 34.7 Å². The Morgan fingerprint density at radius 1 is 1.31 bits per heavy atom. The van der Waals surface area contributed by atoms with Crippen LogP contribution in [0.2, 0.25) is 0 Å². The zero-order chi connectivity index (χ0) is 9.52. The molecule has 68 valence electrons. The van der Waals surface area contributed by atoms with E-state index in [1.165, 1.54) is 5.56 Å². The summed E-state index contributed by atoms with van der Waals surface area (Å²) in [5.74, 6) is 3.43. The molecule has 2 heteroatoms. The number of hydrogen-bond acceptors (Lipinski definition) is 1. The molecule has 0 N–H and O–H groups in total. The van der Waals surface area contributed by atoms with E-state index in [9.17, 15) is 0 Å². The molecule has 1 aromatic rings. The summed E-state index contributed by atoms with van der Waals surface area (Å²) in [7, 11) is 0. The van der Waals surface area contributed by atoms with Crippen molar-refractivity contribution < 1.29 is 4.74 Å². The summed E-state index contributed by atoms with van der Waals surface area (Å²) in [5, 5.41) is 0. The lowest BCUT2D eigenvalue weighted by Crippen LogP contribution is -1.95. The van der Waals surface area contributed by atoms with E-state index in [1.807, 2.05) is 12.1 Å². The summed E-state index contributed by atoms with van der Waals surface area (Å²) in [6.07, 6.45) is 5.77. The van der Waals surface area contributed by atoms with Gasteiger partial charge in [0.05, 0.1) is 6.61 Å². The number of hydrogen-bond donors (Lipinski definition) is 0. The van der Waals surface area contributed by atoms with Gasteiger partial charge >= 0.3 is 0 Å². The second-order valence-corrected chi connectivity index (χ2v) is 3.34. The molecule has 0 aliphatic rings. The van der Waals surface area contributed by atoms with Gasteiger partial charge in [-0.3, -0.25) is 0 Å². The maximum absolute atomic E-state index is 5.40. The first-order chi connectivity index (χ1) is 6.36. The van der Waals surface area contributed by atoms with Gasteiger partial charge < -0.3 is 4.74 Å². The largest absolute Gasteiger partial charge is 0.493 e. The van der Waals surface area contributed by atoms with E-state index in [-0.39, 0.29) is 0 Å². The van der Waals surface area contributed by atoms with Gasteiger partial charge in [-0.15, -0.1) is 12.3 Å². The van der Waals surface area contributed by atoms with E-state index in [0.717, 1.165) is 10.2 Å². The van der Waals surface area contributed by atoms with Crippen molar-refractivity contribution in [3.8, 4) is 18.1 Å². The lowest BCUT2D eigenvalue weighted by atomic mass is 10.2. The summed E-state index contributed by atoms with van der Waals surface area (Å²) in [6, 6.07) is 8.09. The molecule has 1 nitrogen and oxygen atoms in total. The van der Waals surface area contributed by atoms with Gasteiger partial charge in [0.25, 0.3) is 0 Å². The van der Waals surface area contributed by atoms with Crippen LogP contribution in [0.3, 0.4) is 0 Å². The fourth-order valence-electron chi connectivity index (χ4n) is 0.903. The van der Waals surface area contributed by atoms with Gasteiger partial charge in [-0.05, 0) is 17.7 Å². The van der Waals surface area contributed by atoms with Crippen molar-refractivity contribution in [3.63, 3.8) is 0 Å². The third kappa shape index (κ3) is 3.69. The van der Waals surface area contributed by atoms with Crippen LogP contribution < -0.4 is 4.74 Å². The minimum Gasteiger partial charge on any atom is -0.493 e. The van der Waals surface area contributed by atoms with E-state index in [2.05, 4.69) is 40.6 Å². The van der Waals surface area contributed by atoms with Crippen LogP contribution in [-0.2, 0) is 4.43 Å². The normalized spacial score (nSPS) is 9.23. The van der Waals surface area contributed by atoms with E-state index in [1.54, 1.807) is 0 Å². The molecule has 0 aliphatic carbocycles. The Morgan fingerprint density at radius 2 is 2.00 bits per heavy atom. The van der Waals surface area contributed by atoms with Gasteiger partial charge in [-0.2, -0.15) is 0 Å². The fourth-order valence-corrected chi connectivity index (χ4v) is 1.41. The highest BCUT2D eigenvalue weighted by atomic mass is 127. The molecule has 0 aliphatic heterocycles. The zero-order valence-electron chi connectivity index (χ0n) is 7.29. The Bertz CT molecular complexity index is 284. The first kappa shape index (κ1) is 10.4. The molecular formula is C11H11IO. The second-order valence-electron chi connectivity index (χ2n) is 2.58. The third-order valence-corrected chi connectivity index (χ3v) is 2.47. The van der Waals surface area contributed by atoms with Crippen molar-refractivity contribution in [3.05, 3.63) is 29.8 Å². The molecule has 0 aromatic heterocycles. The van der Waals surface area contributed by atoms with Crippen LogP contribution in [0, 0.1) is 12.3 Å². The molecule has 0 heterocycles. The SMILES string of the molecule is C#CCCOc1ccc(CI)cc1. The second kappa shape index (κ2) is 5.87. The smallest absolute Gasteiger partial charge is 0.119 e. The standard InChI is InChI=1S/C11H11IO/c1-2-3-8-13-11-6-4-10(9-12)5-7-11/h1,4-7H,3,8-9H2. The molecular weight excluding hydrogens is 275 g/mol. The van der Waals surface area contributed by atoms with Crippen molar-refractivity contribution in [2.45, 2.75) is 10.8 Å². The van der Waals surface area contributed by atoms with Gasteiger partial charge in [0.1, 0.15) is 5.75 Å². The van der Waals surface area contributed by atoms with E-state index < -0.39 is 0 Å². The molecule has 0 atom stereocenters. The van der Waals surface area contributed by atoms with Gasteiger partial charge in [0.2, 0.25) is 0 Å². The predicted octanol–water partition coefficient (Wildman–Crippen LogP) is 3.02. The van der Waals surface area contributed by atoms with E-state index >= 15 is 0 Å². The highest BCUT2D eigenvalue weighted by Gasteiger charge is 1.92. The predicted molar refractivity (Wildman–Crippen MR) is 63.1 cm³/mol. The van der Waals surface area contributed by atoms with E-state index in [0.29, 0.717) is 13.0 Å². The Balaban J connectivity index is 2.45. The van der Waals surface area contributed by atoms with Crippen molar-refractivity contribution in [2.75, 3.05) is 6.61 Å². The molecule has 0 fully saturated rings. The van der Waals surface area contributed by atoms with Crippen molar-refractivity contribution in [1.82, 2.24) is 0 Å². The molecule has 0 spiro atoms. The van der Waals surface area contributed by atoms with Crippen LogP contribution >= 0.6 is 22.6 Å². The van der Waals surface area contributed by atoms with E-state index in [4.69, 9.17) is 11.2 Å². The maximum Gasteiger partial charge on any atom is 0.119 e. The topological polar surface area (TPSA) is 9.23 Å². The van der Waals surface area contributed by atoms with Crippen LogP contribution in [0.25, 0.3) is 0 Å². The summed E-state index contributed by atoms with van der Waals surface area (Å²) < 4.78 is 6.43. The highest BCUT2D eigenvalue weighted by Crippen LogP contribution is 2.14. The van der Waals surface area contributed by atoms with Crippen LogP contribution in [0.1, 0.15) is 12.0 Å². The molecule has 0 saturated heterocycles. The molecule has 1 aromatic carbocycles. The highest BCUT2D eigenvalue weighted by molar-refractivity contribution is 14.1. The summed E-state index contributed by atoms with van der Waals surface area (Å²) in [5.41, 5.74) is 1.31. The first-order valence-corrected chi connectivity index (χ1v) is 5.60. The van der Waals surface area contributed by atoms with Crippen molar-refractivity contribution in [1.29, 1.82) is 0 Å².